The van der Waals surface area contributed by atoms with Crippen molar-refractivity contribution in [2.45, 2.75) is 26.1 Å². The molecule has 0 radical (unpaired) electrons. The van der Waals surface area contributed by atoms with Crippen LogP contribution in [0.3, 0.4) is 0 Å². The lowest BCUT2D eigenvalue weighted by Crippen LogP contribution is -2.28. The first-order valence-electron chi connectivity index (χ1n) is 5.41. The second kappa shape index (κ2) is 2.92. The number of fused-ring (bicyclic) bond motifs is 5. The fourth-order valence-electron chi connectivity index (χ4n) is 2.88. The molecule has 0 amide bonds. The van der Waals surface area contributed by atoms with Crippen LogP contribution in [0.1, 0.15) is 13.8 Å². The van der Waals surface area contributed by atoms with Crippen LogP contribution in [0.4, 0.5) is 0 Å². The highest BCUT2D eigenvalue weighted by Crippen LogP contribution is 2.46. The maximum atomic E-state index is 11.7. The van der Waals surface area contributed by atoms with Gasteiger partial charge in [0.15, 0.2) is 5.78 Å². The zero-order chi connectivity index (χ0) is 10.6. The first-order valence-corrected chi connectivity index (χ1v) is 5.41. The van der Waals surface area contributed by atoms with Crippen molar-refractivity contribution in [3.05, 3.63) is 35.5 Å². The fraction of sp³-hybridized carbons (Fsp3) is 0.462. The molecule has 3 aliphatic rings. The second-order valence-electron chi connectivity index (χ2n) is 4.70. The Balaban J connectivity index is 2.07. The monoisotopic (exact) mass is 202 g/mol. The molecule has 2 aliphatic heterocycles. The van der Waals surface area contributed by atoms with Crippen LogP contribution in [0.5, 0.6) is 0 Å². The molecule has 3 rings (SSSR count). The third-order valence-corrected chi connectivity index (χ3v) is 3.59. The van der Waals surface area contributed by atoms with Crippen LogP contribution in [-0.2, 0) is 9.53 Å². The standard InChI is InChI=1S/C13H14O2/c1-7(2)8-3-4-9-11-6-5-10(14)13(15-11)12(8)9/h3-6,9,11-13H,1-2H3/t9?,11-,12?,13+/m0/s1. The fourth-order valence-corrected chi connectivity index (χ4v) is 2.88. The van der Waals surface area contributed by atoms with Gasteiger partial charge in [-0.15, -0.1) is 0 Å². The minimum atomic E-state index is -0.232. The van der Waals surface area contributed by atoms with E-state index in [4.69, 9.17) is 4.74 Å². The number of carbonyl (C=O) groups is 1. The lowest BCUT2D eigenvalue weighted by molar-refractivity contribution is -0.126. The molecule has 0 aromatic heterocycles. The van der Waals surface area contributed by atoms with E-state index < -0.39 is 0 Å². The van der Waals surface area contributed by atoms with E-state index in [1.54, 1.807) is 6.08 Å². The first kappa shape index (κ1) is 9.10. The minimum absolute atomic E-state index is 0.116. The van der Waals surface area contributed by atoms with Gasteiger partial charge in [-0.3, -0.25) is 4.79 Å². The van der Waals surface area contributed by atoms with Crippen LogP contribution in [0.15, 0.2) is 35.5 Å². The van der Waals surface area contributed by atoms with Crippen molar-refractivity contribution < 1.29 is 9.53 Å². The Morgan fingerprint density at radius 3 is 2.80 bits per heavy atom. The molecule has 0 N–H and O–H groups in total. The Morgan fingerprint density at radius 2 is 2.07 bits per heavy atom. The highest BCUT2D eigenvalue weighted by Gasteiger charge is 2.50. The van der Waals surface area contributed by atoms with Crippen molar-refractivity contribution in [1.29, 1.82) is 0 Å². The van der Waals surface area contributed by atoms with Gasteiger partial charge in [0.05, 0.1) is 6.10 Å². The number of ketones is 1. The van der Waals surface area contributed by atoms with Gasteiger partial charge in [0.1, 0.15) is 6.10 Å². The van der Waals surface area contributed by atoms with Gasteiger partial charge in [-0.25, -0.2) is 0 Å². The molecule has 2 heteroatoms. The third-order valence-electron chi connectivity index (χ3n) is 3.59. The molecule has 1 aliphatic carbocycles. The van der Waals surface area contributed by atoms with E-state index in [1.165, 1.54) is 11.1 Å². The summed E-state index contributed by atoms with van der Waals surface area (Å²) in [7, 11) is 0. The molecule has 4 atom stereocenters. The molecular formula is C13H14O2. The predicted molar refractivity (Wildman–Crippen MR) is 57.3 cm³/mol. The van der Waals surface area contributed by atoms with E-state index in [0.29, 0.717) is 5.92 Å². The van der Waals surface area contributed by atoms with Crippen LogP contribution < -0.4 is 0 Å². The van der Waals surface area contributed by atoms with Crippen LogP contribution in [0.2, 0.25) is 0 Å². The molecule has 2 heterocycles. The molecule has 15 heavy (non-hydrogen) atoms. The van der Waals surface area contributed by atoms with Crippen molar-refractivity contribution in [2.75, 3.05) is 0 Å². The van der Waals surface area contributed by atoms with Gasteiger partial charge in [-0.05, 0) is 25.5 Å². The Labute approximate surface area is 89.3 Å². The van der Waals surface area contributed by atoms with Gasteiger partial charge >= 0.3 is 0 Å². The number of allylic oxidation sites excluding steroid dienone is 2. The van der Waals surface area contributed by atoms with E-state index in [1.807, 2.05) is 6.08 Å². The van der Waals surface area contributed by atoms with Crippen molar-refractivity contribution >= 4 is 5.78 Å². The van der Waals surface area contributed by atoms with Gasteiger partial charge in [0, 0.05) is 11.8 Å². The lowest BCUT2D eigenvalue weighted by atomic mass is 9.86. The Kier molecular flexibility index (Phi) is 1.77. The summed E-state index contributed by atoms with van der Waals surface area (Å²) in [5, 5.41) is 0. The van der Waals surface area contributed by atoms with Crippen LogP contribution >= 0.6 is 0 Å². The maximum Gasteiger partial charge on any atom is 0.184 e. The largest absolute Gasteiger partial charge is 0.361 e. The summed E-state index contributed by atoms with van der Waals surface area (Å²) in [5.41, 5.74) is 2.59. The summed E-state index contributed by atoms with van der Waals surface area (Å²) in [6, 6.07) is 0. The minimum Gasteiger partial charge on any atom is -0.361 e. The summed E-state index contributed by atoms with van der Waals surface area (Å²) < 4.78 is 5.74. The van der Waals surface area contributed by atoms with Gasteiger partial charge in [-0.1, -0.05) is 23.8 Å². The highest BCUT2D eigenvalue weighted by atomic mass is 16.5. The highest BCUT2D eigenvalue weighted by molar-refractivity contribution is 5.95. The van der Waals surface area contributed by atoms with Crippen LogP contribution in [0, 0.1) is 11.8 Å². The summed E-state index contributed by atoms with van der Waals surface area (Å²) >= 11 is 0. The number of ether oxygens (including phenoxy) is 1. The zero-order valence-electron chi connectivity index (χ0n) is 8.94. The molecule has 1 fully saturated rings. The number of carbonyl (C=O) groups excluding carboxylic acids is 1. The quantitative estimate of drug-likeness (QED) is 0.600. The summed E-state index contributed by atoms with van der Waals surface area (Å²) in [4.78, 5) is 11.7. The molecule has 0 aromatic rings. The Hall–Kier alpha value is -1.15. The smallest absolute Gasteiger partial charge is 0.184 e. The molecule has 0 saturated carbocycles. The van der Waals surface area contributed by atoms with Crippen LogP contribution in [0.25, 0.3) is 0 Å². The summed E-state index contributed by atoms with van der Waals surface area (Å²) in [6.07, 6.45) is 7.84. The average Bonchev–Trinajstić information content (AvgIpc) is 2.71. The molecule has 2 bridgehead atoms. The SMILES string of the molecule is CC(C)=C1C=CC2C1[C@@H]1O[C@H]2C=CC1=O. The van der Waals surface area contributed by atoms with Crippen LogP contribution in [-0.4, -0.2) is 18.0 Å². The van der Waals surface area contributed by atoms with E-state index in [2.05, 4.69) is 26.0 Å². The average molecular weight is 202 g/mol. The molecule has 0 aromatic carbocycles. The molecule has 2 nitrogen and oxygen atoms in total. The second-order valence-corrected chi connectivity index (χ2v) is 4.70. The van der Waals surface area contributed by atoms with Crippen molar-refractivity contribution in [3.63, 3.8) is 0 Å². The van der Waals surface area contributed by atoms with Crippen molar-refractivity contribution in [2.24, 2.45) is 11.8 Å². The zero-order valence-corrected chi connectivity index (χ0v) is 8.94. The van der Waals surface area contributed by atoms with E-state index in [-0.39, 0.29) is 23.9 Å². The lowest BCUT2D eigenvalue weighted by Gasteiger charge is -2.18. The molecule has 1 saturated heterocycles. The number of hydrogen-bond acceptors (Lipinski definition) is 2. The van der Waals surface area contributed by atoms with E-state index in [9.17, 15) is 4.79 Å². The van der Waals surface area contributed by atoms with Crippen molar-refractivity contribution in [1.82, 2.24) is 0 Å². The Morgan fingerprint density at radius 1 is 1.27 bits per heavy atom. The third kappa shape index (κ3) is 1.11. The van der Waals surface area contributed by atoms with Gasteiger partial charge in [-0.2, -0.15) is 0 Å². The van der Waals surface area contributed by atoms with Crippen molar-refractivity contribution in [3.8, 4) is 0 Å². The molecule has 2 unspecified atom stereocenters. The molecular weight excluding hydrogens is 188 g/mol. The predicted octanol–water partition coefficient (Wildman–Crippen LogP) is 2.03. The summed E-state index contributed by atoms with van der Waals surface area (Å²) in [5.74, 6) is 0.770. The Bertz CT molecular complexity index is 410. The molecule has 78 valence electrons. The summed E-state index contributed by atoms with van der Waals surface area (Å²) in [6.45, 7) is 4.20. The maximum absolute atomic E-state index is 11.7. The topological polar surface area (TPSA) is 26.3 Å². The molecule has 0 spiro atoms. The van der Waals surface area contributed by atoms with Gasteiger partial charge in [0.2, 0.25) is 0 Å². The van der Waals surface area contributed by atoms with E-state index in [0.717, 1.165) is 0 Å². The number of hydrogen-bond donors (Lipinski definition) is 0. The van der Waals surface area contributed by atoms with E-state index >= 15 is 0 Å². The van der Waals surface area contributed by atoms with Gasteiger partial charge < -0.3 is 4.74 Å². The van der Waals surface area contributed by atoms with Gasteiger partial charge in [0.25, 0.3) is 0 Å². The first-order chi connectivity index (χ1) is 7.18. The normalized spacial score (nSPS) is 41.2. The number of rotatable bonds is 0.